The number of phenols is 1. The van der Waals surface area contributed by atoms with Crippen LogP contribution in [0.3, 0.4) is 0 Å². The number of aromatic hydroxyl groups is 1. The number of hydrogen-bond donors (Lipinski definition) is 1. The first-order valence-electron chi connectivity index (χ1n) is 6.62. The monoisotopic (exact) mass is 275 g/mol. The molecule has 1 N–H and O–H groups in total. The van der Waals surface area contributed by atoms with Gasteiger partial charge in [0, 0.05) is 13.1 Å². The van der Waals surface area contributed by atoms with Crippen molar-refractivity contribution in [1.29, 1.82) is 0 Å². The Morgan fingerprint density at radius 1 is 1.35 bits per heavy atom. The molecular formula is C14H17N3O3. The molecule has 0 radical (unpaired) electrons. The Kier molecular flexibility index (Phi) is 3.66. The zero-order chi connectivity index (χ0) is 13.9. The van der Waals surface area contributed by atoms with Crippen molar-refractivity contribution < 1.29 is 14.4 Å². The van der Waals surface area contributed by atoms with Gasteiger partial charge in [0.2, 0.25) is 5.89 Å². The maximum absolute atomic E-state index is 9.33. The van der Waals surface area contributed by atoms with Crippen LogP contribution < -0.4 is 0 Å². The molecule has 1 unspecified atom stereocenters. The van der Waals surface area contributed by atoms with Crippen LogP contribution >= 0.6 is 0 Å². The zero-order valence-electron chi connectivity index (χ0n) is 11.3. The van der Waals surface area contributed by atoms with Gasteiger partial charge >= 0.3 is 0 Å². The molecule has 1 aromatic heterocycles. The average Bonchev–Trinajstić information content (AvgIpc) is 2.88. The van der Waals surface area contributed by atoms with Gasteiger partial charge in [0.05, 0.1) is 13.2 Å². The van der Waals surface area contributed by atoms with Gasteiger partial charge in [0.15, 0.2) is 5.82 Å². The lowest BCUT2D eigenvalue weighted by molar-refractivity contribution is -0.0241. The SMILES string of the molecule is Cc1noc(C2COCCN2Cc2ccc(O)cc2)n1. The smallest absolute Gasteiger partial charge is 0.246 e. The van der Waals surface area contributed by atoms with E-state index in [4.69, 9.17) is 9.26 Å². The van der Waals surface area contributed by atoms with E-state index in [2.05, 4.69) is 15.0 Å². The Balaban J connectivity index is 1.77. The highest BCUT2D eigenvalue weighted by atomic mass is 16.5. The van der Waals surface area contributed by atoms with Crippen molar-refractivity contribution in [3.63, 3.8) is 0 Å². The molecule has 0 spiro atoms. The minimum absolute atomic E-state index is 0.0150. The number of rotatable bonds is 3. The molecule has 1 aliphatic rings. The fourth-order valence-electron chi connectivity index (χ4n) is 2.34. The van der Waals surface area contributed by atoms with Crippen molar-refractivity contribution in [1.82, 2.24) is 15.0 Å². The van der Waals surface area contributed by atoms with E-state index in [1.54, 1.807) is 19.1 Å². The van der Waals surface area contributed by atoms with Crippen LogP contribution in [0.2, 0.25) is 0 Å². The highest BCUT2D eigenvalue weighted by molar-refractivity contribution is 5.25. The lowest BCUT2D eigenvalue weighted by Gasteiger charge is -2.33. The van der Waals surface area contributed by atoms with E-state index in [9.17, 15) is 5.11 Å². The van der Waals surface area contributed by atoms with Gasteiger partial charge in [-0.05, 0) is 24.6 Å². The van der Waals surface area contributed by atoms with Gasteiger partial charge in [-0.3, -0.25) is 4.90 Å². The van der Waals surface area contributed by atoms with Crippen LogP contribution in [0.15, 0.2) is 28.8 Å². The van der Waals surface area contributed by atoms with Gasteiger partial charge in [-0.1, -0.05) is 17.3 Å². The summed E-state index contributed by atoms with van der Waals surface area (Å²) in [5.41, 5.74) is 1.13. The van der Waals surface area contributed by atoms with Crippen molar-refractivity contribution in [2.45, 2.75) is 19.5 Å². The van der Waals surface area contributed by atoms with Crippen LogP contribution in [0.4, 0.5) is 0 Å². The van der Waals surface area contributed by atoms with Gasteiger partial charge in [-0.15, -0.1) is 0 Å². The summed E-state index contributed by atoms with van der Waals surface area (Å²) in [6.45, 7) is 4.63. The van der Waals surface area contributed by atoms with E-state index in [0.29, 0.717) is 24.9 Å². The average molecular weight is 275 g/mol. The molecule has 20 heavy (non-hydrogen) atoms. The molecule has 6 heteroatoms. The van der Waals surface area contributed by atoms with Crippen molar-refractivity contribution in [3.8, 4) is 5.75 Å². The highest BCUT2D eigenvalue weighted by Gasteiger charge is 2.29. The number of nitrogens with zero attached hydrogens (tertiary/aromatic N) is 3. The molecule has 1 saturated heterocycles. The van der Waals surface area contributed by atoms with E-state index >= 15 is 0 Å². The largest absolute Gasteiger partial charge is 0.508 e. The first-order valence-corrected chi connectivity index (χ1v) is 6.62. The zero-order valence-corrected chi connectivity index (χ0v) is 11.3. The number of aryl methyl sites for hydroxylation is 1. The molecule has 1 atom stereocenters. The summed E-state index contributed by atoms with van der Waals surface area (Å²) in [5, 5.41) is 13.2. The number of benzene rings is 1. The number of aromatic nitrogens is 2. The van der Waals surface area contributed by atoms with Gasteiger partial charge in [0.1, 0.15) is 11.8 Å². The van der Waals surface area contributed by atoms with E-state index in [1.165, 1.54) is 0 Å². The van der Waals surface area contributed by atoms with Crippen molar-refractivity contribution in [2.24, 2.45) is 0 Å². The summed E-state index contributed by atoms with van der Waals surface area (Å²) in [7, 11) is 0. The summed E-state index contributed by atoms with van der Waals surface area (Å²) in [4.78, 5) is 6.55. The topological polar surface area (TPSA) is 71.6 Å². The predicted molar refractivity (Wildman–Crippen MR) is 71.1 cm³/mol. The van der Waals surface area contributed by atoms with Crippen LogP contribution in [0.1, 0.15) is 23.3 Å². The molecule has 2 aromatic rings. The fourth-order valence-corrected chi connectivity index (χ4v) is 2.34. The Hall–Kier alpha value is -1.92. The van der Waals surface area contributed by atoms with E-state index in [-0.39, 0.29) is 11.8 Å². The Morgan fingerprint density at radius 2 is 2.15 bits per heavy atom. The Bertz CT molecular complexity index is 567. The van der Waals surface area contributed by atoms with Gasteiger partial charge in [-0.2, -0.15) is 4.98 Å². The summed E-state index contributed by atoms with van der Waals surface area (Å²) >= 11 is 0. The molecule has 6 nitrogen and oxygen atoms in total. The van der Waals surface area contributed by atoms with Crippen LogP contribution in [0, 0.1) is 6.92 Å². The third kappa shape index (κ3) is 2.81. The van der Waals surface area contributed by atoms with Crippen LogP contribution in [-0.4, -0.2) is 39.9 Å². The number of phenolic OH excluding ortho intramolecular Hbond substituents is 1. The minimum atomic E-state index is -0.0150. The van der Waals surface area contributed by atoms with Crippen molar-refractivity contribution in [3.05, 3.63) is 41.5 Å². The summed E-state index contributed by atoms with van der Waals surface area (Å²) < 4.78 is 10.8. The summed E-state index contributed by atoms with van der Waals surface area (Å²) in [6.07, 6.45) is 0. The lowest BCUT2D eigenvalue weighted by atomic mass is 10.1. The highest BCUT2D eigenvalue weighted by Crippen LogP contribution is 2.25. The fraction of sp³-hybridized carbons (Fsp3) is 0.429. The van der Waals surface area contributed by atoms with Crippen LogP contribution in [0.25, 0.3) is 0 Å². The molecule has 0 saturated carbocycles. The summed E-state index contributed by atoms with van der Waals surface area (Å²) in [5.74, 6) is 1.51. The third-order valence-electron chi connectivity index (χ3n) is 3.39. The minimum Gasteiger partial charge on any atom is -0.508 e. The quantitative estimate of drug-likeness (QED) is 0.918. The van der Waals surface area contributed by atoms with Crippen LogP contribution in [-0.2, 0) is 11.3 Å². The number of morpholine rings is 1. The maximum atomic E-state index is 9.33. The Labute approximate surface area is 117 Å². The summed E-state index contributed by atoms with van der Waals surface area (Å²) in [6, 6.07) is 7.21. The number of hydrogen-bond acceptors (Lipinski definition) is 6. The second-order valence-corrected chi connectivity index (χ2v) is 4.91. The van der Waals surface area contributed by atoms with Gasteiger partial charge in [0.25, 0.3) is 0 Å². The molecule has 3 rings (SSSR count). The van der Waals surface area contributed by atoms with Crippen LogP contribution in [0.5, 0.6) is 5.75 Å². The maximum Gasteiger partial charge on any atom is 0.246 e. The second-order valence-electron chi connectivity index (χ2n) is 4.91. The first kappa shape index (κ1) is 13.1. The molecule has 1 aromatic carbocycles. The molecule has 106 valence electrons. The van der Waals surface area contributed by atoms with Gasteiger partial charge < -0.3 is 14.4 Å². The molecule has 1 fully saturated rings. The van der Waals surface area contributed by atoms with E-state index < -0.39 is 0 Å². The second kappa shape index (κ2) is 5.60. The molecule has 0 aliphatic carbocycles. The van der Waals surface area contributed by atoms with Gasteiger partial charge in [-0.25, -0.2) is 0 Å². The normalized spacial score (nSPS) is 20.1. The Morgan fingerprint density at radius 3 is 2.85 bits per heavy atom. The van der Waals surface area contributed by atoms with Crippen molar-refractivity contribution in [2.75, 3.05) is 19.8 Å². The molecule has 0 amide bonds. The van der Waals surface area contributed by atoms with E-state index in [0.717, 1.165) is 18.7 Å². The van der Waals surface area contributed by atoms with E-state index in [1.807, 2.05) is 12.1 Å². The number of ether oxygens (including phenoxy) is 1. The molecule has 0 bridgehead atoms. The first-order chi connectivity index (χ1) is 9.72. The lowest BCUT2D eigenvalue weighted by Crippen LogP contribution is -2.39. The standard InChI is InChI=1S/C14H17N3O3/c1-10-15-14(20-16-10)13-9-19-7-6-17(13)8-11-2-4-12(18)5-3-11/h2-5,13,18H,6-9H2,1H3. The van der Waals surface area contributed by atoms with Crippen molar-refractivity contribution >= 4 is 0 Å². The third-order valence-corrected chi connectivity index (χ3v) is 3.39. The molecular weight excluding hydrogens is 258 g/mol. The predicted octanol–water partition coefficient (Wildman–Crippen LogP) is 1.66. The molecule has 1 aliphatic heterocycles. The molecule has 2 heterocycles.